The van der Waals surface area contributed by atoms with Crippen LogP contribution >= 0.6 is 23.2 Å². The molecule has 5 nitrogen and oxygen atoms in total. The molecule has 1 saturated carbocycles. The Bertz CT molecular complexity index is 665. The normalized spacial score (nSPS) is 20.5. The number of nitrogens with one attached hydrogen (secondary N) is 1. The highest BCUT2D eigenvalue weighted by Crippen LogP contribution is 2.45. The minimum atomic E-state index is -1.21. The van der Waals surface area contributed by atoms with Gasteiger partial charge in [-0.15, -0.1) is 0 Å². The average molecular weight is 331 g/mol. The van der Waals surface area contributed by atoms with E-state index in [2.05, 4.69) is 5.32 Å². The van der Waals surface area contributed by atoms with Gasteiger partial charge in [-0.05, 0) is 25.0 Å². The number of anilines is 1. The van der Waals surface area contributed by atoms with Crippen molar-refractivity contribution in [3.05, 3.63) is 28.0 Å². The zero-order valence-corrected chi connectivity index (χ0v) is 12.1. The summed E-state index contributed by atoms with van der Waals surface area (Å²) >= 11 is 11.4. The van der Waals surface area contributed by atoms with Gasteiger partial charge in [0.2, 0.25) is 5.91 Å². The fourth-order valence-electron chi connectivity index (χ4n) is 2.55. The fourth-order valence-corrected chi connectivity index (χ4v) is 3.03. The maximum absolute atomic E-state index is 13.4. The molecule has 1 spiro atoms. The predicted molar refractivity (Wildman–Crippen MR) is 73.7 cm³/mol. The minimum Gasteiger partial charge on any atom is -0.276 e. The van der Waals surface area contributed by atoms with Crippen LogP contribution in [0.25, 0.3) is 0 Å². The topological polar surface area (TPSA) is 66.5 Å². The molecule has 21 heavy (non-hydrogen) atoms. The van der Waals surface area contributed by atoms with Crippen molar-refractivity contribution in [2.24, 2.45) is 5.41 Å². The predicted octanol–water partition coefficient (Wildman–Crippen LogP) is 2.89. The van der Waals surface area contributed by atoms with E-state index in [9.17, 15) is 18.8 Å². The van der Waals surface area contributed by atoms with E-state index in [4.69, 9.17) is 23.2 Å². The first-order chi connectivity index (χ1) is 9.86. The summed E-state index contributed by atoms with van der Waals surface area (Å²) in [5.74, 6) is -2.04. The molecular formula is C13H9Cl2FN2O3. The Morgan fingerprint density at radius 3 is 2.19 bits per heavy atom. The third kappa shape index (κ3) is 1.93. The second-order valence-corrected chi connectivity index (χ2v) is 5.87. The van der Waals surface area contributed by atoms with Crippen molar-refractivity contribution in [3.8, 4) is 0 Å². The van der Waals surface area contributed by atoms with Gasteiger partial charge in [0, 0.05) is 0 Å². The smallest absolute Gasteiger partial charge is 0.276 e. The van der Waals surface area contributed by atoms with Gasteiger partial charge in [0.1, 0.15) is 5.41 Å². The van der Waals surface area contributed by atoms with Crippen LogP contribution in [-0.4, -0.2) is 17.8 Å². The average Bonchev–Trinajstić information content (AvgIpc) is 2.33. The zero-order chi connectivity index (χ0) is 15.4. The molecule has 1 aliphatic carbocycles. The number of benzene rings is 1. The van der Waals surface area contributed by atoms with Gasteiger partial charge >= 0.3 is 6.03 Å². The molecule has 1 saturated heterocycles. The first-order valence-electron chi connectivity index (χ1n) is 6.21. The number of urea groups is 1. The summed E-state index contributed by atoms with van der Waals surface area (Å²) in [7, 11) is 0. The lowest BCUT2D eigenvalue weighted by Gasteiger charge is -2.44. The van der Waals surface area contributed by atoms with Crippen molar-refractivity contribution in [2.45, 2.75) is 19.3 Å². The summed E-state index contributed by atoms with van der Waals surface area (Å²) in [6, 6.07) is 1.37. The fraction of sp³-hybridized carbons (Fsp3) is 0.308. The van der Waals surface area contributed by atoms with Crippen LogP contribution in [-0.2, 0) is 9.59 Å². The van der Waals surface area contributed by atoms with Gasteiger partial charge in [-0.1, -0.05) is 29.6 Å². The molecule has 0 unspecified atom stereocenters. The molecule has 0 aromatic heterocycles. The van der Waals surface area contributed by atoms with Gasteiger partial charge in [0.25, 0.3) is 5.91 Å². The van der Waals surface area contributed by atoms with E-state index in [0.29, 0.717) is 12.8 Å². The Balaban J connectivity index is 2.07. The van der Waals surface area contributed by atoms with Gasteiger partial charge in [-0.25, -0.2) is 14.1 Å². The number of halogens is 3. The largest absolute Gasteiger partial charge is 0.335 e. The Morgan fingerprint density at radius 1 is 1.14 bits per heavy atom. The molecule has 1 aromatic carbocycles. The zero-order valence-electron chi connectivity index (χ0n) is 10.6. The van der Waals surface area contributed by atoms with Gasteiger partial charge in [-0.3, -0.25) is 14.9 Å². The molecule has 1 N–H and O–H groups in total. The van der Waals surface area contributed by atoms with E-state index in [1.54, 1.807) is 0 Å². The second-order valence-electron chi connectivity index (χ2n) is 5.06. The molecule has 8 heteroatoms. The van der Waals surface area contributed by atoms with Crippen molar-refractivity contribution in [1.29, 1.82) is 0 Å². The van der Waals surface area contributed by atoms with Crippen LogP contribution in [0, 0.1) is 11.2 Å². The summed E-state index contributed by atoms with van der Waals surface area (Å²) < 4.78 is 13.4. The number of imide groups is 2. The van der Waals surface area contributed by atoms with Crippen molar-refractivity contribution >= 4 is 46.7 Å². The molecule has 3 rings (SSSR count). The standard InChI is InChI=1S/C13H9Cl2FN2O3/c14-7-4-6(5-8(15)9(7)16)18-11(20)13(2-1-3-13)10(19)17-12(18)21/h4-5H,1-3H2,(H,17,19,21). The van der Waals surface area contributed by atoms with E-state index in [1.807, 2.05) is 0 Å². The van der Waals surface area contributed by atoms with Crippen LogP contribution in [0.4, 0.5) is 14.9 Å². The SMILES string of the molecule is O=C1NC(=O)C2(CCC2)C(=O)N1c1cc(Cl)c(F)c(Cl)c1. The molecule has 0 atom stereocenters. The molecule has 0 bridgehead atoms. The van der Waals surface area contributed by atoms with Crippen LogP contribution < -0.4 is 10.2 Å². The van der Waals surface area contributed by atoms with Crippen LogP contribution in [0.1, 0.15) is 19.3 Å². The highest BCUT2D eigenvalue weighted by atomic mass is 35.5. The minimum absolute atomic E-state index is 0.0349. The number of rotatable bonds is 1. The van der Waals surface area contributed by atoms with Crippen LogP contribution in [0.2, 0.25) is 10.0 Å². The van der Waals surface area contributed by atoms with Crippen molar-refractivity contribution in [1.82, 2.24) is 5.32 Å². The highest BCUT2D eigenvalue weighted by Gasteiger charge is 2.57. The lowest BCUT2D eigenvalue weighted by atomic mass is 9.66. The molecule has 0 radical (unpaired) electrons. The Hall–Kier alpha value is -1.66. The van der Waals surface area contributed by atoms with Gasteiger partial charge in [0.05, 0.1) is 15.7 Å². The lowest BCUT2D eigenvalue weighted by molar-refractivity contribution is -0.148. The number of nitrogens with zero attached hydrogens (tertiary/aromatic N) is 1. The van der Waals surface area contributed by atoms with Crippen LogP contribution in [0.5, 0.6) is 0 Å². The van der Waals surface area contributed by atoms with E-state index >= 15 is 0 Å². The maximum Gasteiger partial charge on any atom is 0.335 e. The van der Waals surface area contributed by atoms with Crippen LogP contribution in [0.15, 0.2) is 12.1 Å². The number of barbiturate groups is 1. The van der Waals surface area contributed by atoms with Crippen LogP contribution in [0.3, 0.4) is 0 Å². The third-order valence-corrected chi connectivity index (χ3v) is 4.45. The molecular weight excluding hydrogens is 322 g/mol. The molecule has 1 aliphatic heterocycles. The summed E-state index contributed by atoms with van der Waals surface area (Å²) in [5.41, 5.74) is -1.17. The second kappa shape index (κ2) is 4.68. The highest BCUT2D eigenvalue weighted by molar-refractivity contribution is 6.36. The van der Waals surface area contributed by atoms with Gasteiger partial charge in [-0.2, -0.15) is 0 Å². The Morgan fingerprint density at radius 2 is 1.71 bits per heavy atom. The van der Waals surface area contributed by atoms with E-state index in [1.165, 1.54) is 0 Å². The Labute approximate surface area is 129 Å². The number of hydrogen-bond donors (Lipinski definition) is 1. The first-order valence-corrected chi connectivity index (χ1v) is 6.97. The number of amides is 4. The van der Waals surface area contributed by atoms with E-state index in [0.717, 1.165) is 23.5 Å². The molecule has 110 valence electrons. The number of carbonyl (C=O) groups excluding carboxylic acids is 3. The van der Waals surface area contributed by atoms with Crippen molar-refractivity contribution in [3.63, 3.8) is 0 Å². The first kappa shape index (κ1) is 14.3. The van der Waals surface area contributed by atoms with Gasteiger partial charge in [0.15, 0.2) is 5.82 Å². The summed E-state index contributed by atoms with van der Waals surface area (Å²) in [5, 5.41) is 1.54. The third-order valence-electron chi connectivity index (χ3n) is 3.90. The quantitative estimate of drug-likeness (QED) is 0.636. The number of carbonyl (C=O) groups is 3. The molecule has 1 heterocycles. The summed E-state index contributed by atoms with van der Waals surface area (Å²) in [6.45, 7) is 0. The Kier molecular flexibility index (Phi) is 3.18. The monoisotopic (exact) mass is 330 g/mol. The van der Waals surface area contributed by atoms with E-state index in [-0.39, 0.29) is 15.7 Å². The summed E-state index contributed by atoms with van der Waals surface area (Å²) in [4.78, 5) is 37.1. The lowest BCUT2D eigenvalue weighted by Crippen LogP contribution is -2.66. The maximum atomic E-state index is 13.4. The molecule has 2 aliphatic rings. The van der Waals surface area contributed by atoms with Crippen molar-refractivity contribution < 1.29 is 18.8 Å². The van der Waals surface area contributed by atoms with E-state index < -0.39 is 29.1 Å². The van der Waals surface area contributed by atoms with Crippen molar-refractivity contribution in [2.75, 3.05) is 4.90 Å². The number of hydrogen-bond acceptors (Lipinski definition) is 3. The van der Waals surface area contributed by atoms with Gasteiger partial charge < -0.3 is 0 Å². The molecule has 4 amide bonds. The summed E-state index contributed by atoms with van der Waals surface area (Å²) in [6.07, 6.45) is 1.49. The molecule has 1 aromatic rings. The molecule has 2 fully saturated rings.